The topological polar surface area (TPSA) is 35.0 Å². The first-order chi connectivity index (χ1) is 15.3. The van der Waals surface area contributed by atoms with Crippen LogP contribution in [0.25, 0.3) is 11.4 Å². The average Bonchev–Trinajstić information content (AvgIpc) is 2.83. The van der Waals surface area contributed by atoms with Crippen LogP contribution >= 0.6 is 0 Å². The van der Waals surface area contributed by atoms with E-state index < -0.39 is 0 Å². The maximum atomic E-state index is 5.57. The molecule has 1 saturated carbocycles. The molecule has 1 aliphatic carbocycles. The zero-order valence-corrected chi connectivity index (χ0v) is 19.8. The molecule has 31 heavy (non-hydrogen) atoms. The Morgan fingerprint density at radius 2 is 1.42 bits per heavy atom. The summed E-state index contributed by atoms with van der Waals surface area (Å²) in [4.78, 5) is 8.92. The van der Waals surface area contributed by atoms with Crippen LogP contribution in [0.15, 0.2) is 36.7 Å². The van der Waals surface area contributed by atoms with Crippen LogP contribution in [0.5, 0.6) is 5.75 Å². The molecule has 0 aliphatic heterocycles. The van der Waals surface area contributed by atoms with Crippen molar-refractivity contribution in [3.8, 4) is 17.1 Å². The molecule has 0 radical (unpaired) electrons. The third-order valence-electron chi connectivity index (χ3n) is 6.84. The van der Waals surface area contributed by atoms with Crippen molar-refractivity contribution in [3.63, 3.8) is 0 Å². The Labute approximate surface area is 190 Å². The largest absolute Gasteiger partial charge is 0.490 e. The highest BCUT2D eigenvalue weighted by Gasteiger charge is 2.20. The van der Waals surface area contributed by atoms with Crippen molar-refractivity contribution >= 4 is 0 Å². The molecule has 0 saturated heterocycles. The standard InChI is InChI=1S/C28H42N2O/c1-3-5-6-7-8-9-23-10-12-24(13-11-23)14-15-25-16-18-26(19-17-25)28-29-21-27(22-30-28)31-20-4-2/h16-19,21-24H,3-15,20H2,1-2H3. The molecule has 0 bridgehead atoms. The van der Waals surface area contributed by atoms with E-state index in [2.05, 4.69) is 48.1 Å². The molecule has 1 aromatic carbocycles. The van der Waals surface area contributed by atoms with Crippen LogP contribution in [0, 0.1) is 11.8 Å². The number of benzene rings is 1. The quantitative estimate of drug-likeness (QED) is 0.306. The lowest BCUT2D eigenvalue weighted by Gasteiger charge is -2.28. The molecule has 3 nitrogen and oxygen atoms in total. The number of hydrogen-bond donors (Lipinski definition) is 0. The van der Waals surface area contributed by atoms with Crippen LogP contribution in [0.4, 0.5) is 0 Å². The number of unbranched alkanes of at least 4 members (excludes halogenated alkanes) is 4. The molecule has 0 N–H and O–H groups in total. The number of aromatic nitrogens is 2. The summed E-state index contributed by atoms with van der Waals surface area (Å²) in [6.45, 7) is 5.10. The summed E-state index contributed by atoms with van der Waals surface area (Å²) in [5.74, 6) is 3.45. The van der Waals surface area contributed by atoms with Crippen LogP contribution in [0.3, 0.4) is 0 Å². The van der Waals surface area contributed by atoms with E-state index in [4.69, 9.17) is 4.74 Å². The van der Waals surface area contributed by atoms with Crippen molar-refractivity contribution in [2.75, 3.05) is 6.61 Å². The zero-order chi connectivity index (χ0) is 21.7. The van der Waals surface area contributed by atoms with Gasteiger partial charge in [-0.1, -0.05) is 102 Å². The molecule has 3 rings (SSSR count). The third-order valence-corrected chi connectivity index (χ3v) is 6.84. The van der Waals surface area contributed by atoms with Gasteiger partial charge in [0.15, 0.2) is 11.6 Å². The highest BCUT2D eigenvalue weighted by atomic mass is 16.5. The summed E-state index contributed by atoms with van der Waals surface area (Å²) in [7, 11) is 0. The number of nitrogens with zero attached hydrogens (tertiary/aromatic N) is 2. The van der Waals surface area contributed by atoms with E-state index in [0.29, 0.717) is 6.61 Å². The van der Waals surface area contributed by atoms with Crippen molar-refractivity contribution < 1.29 is 4.74 Å². The van der Waals surface area contributed by atoms with E-state index >= 15 is 0 Å². The summed E-state index contributed by atoms with van der Waals surface area (Å²) in [6.07, 6.45) is 21.5. The Kier molecular flexibility index (Phi) is 10.3. The number of ether oxygens (including phenoxy) is 1. The lowest BCUT2D eigenvalue weighted by atomic mass is 9.77. The van der Waals surface area contributed by atoms with Gasteiger partial charge in [0.1, 0.15) is 0 Å². The fourth-order valence-electron chi connectivity index (χ4n) is 4.80. The Hall–Kier alpha value is -1.90. The van der Waals surface area contributed by atoms with Crippen molar-refractivity contribution in [1.29, 1.82) is 0 Å². The van der Waals surface area contributed by atoms with Gasteiger partial charge in [-0.25, -0.2) is 9.97 Å². The summed E-state index contributed by atoms with van der Waals surface area (Å²) >= 11 is 0. The summed E-state index contributed by atoms with van der Waals surface area (Å²) in [6, 6.07) is 8.82. The van der Waals surface area contributed by atoms with Gasteiger partial charge in [-0.3, -0.25) is 0 Å². The Bertz CT molecular complexity index is 718. The van der Waals surface area contributed by atoms with Crippen molar-refractivity contribution in [3.05, 3.63) is 42.2 Å². The van der Waals surface area contributed by atoms with Crippen LogP contribution in [0.2, 0.25) is 0 Å². The highest BCUT2D eigenvalue weighted by Crippen LogP contribution is 2.34. The van der Waals surface area contributed by atoms with Gasteiger partial charge in [0.2, 0.25) is 0 Å². The van der Waals surface area contributed by atoms with E-state index in [-0.39, 0.29) is 0 Å². The molecule has 0 amide bonds. The Morgan fingerprint density at radius 1 is 0.774 bits per heavy atom. The normalized spacial score (nSPS) is 18.8. The molecule has 0 unspecified atom stereocenters. The van der Waals surface area contributed by atoms with Gasteiger partial charge in [-0.2, -0.15) is 0 Å². The fraction of sp³-hybridized carbons (Fsp3) is 0.643. The molecular weight excluding hydrogens is 380 g/mol. The van der Waals surface area contributed by atoms with Gasteiger partial charge >= 0.3 is 0 Å². The number of aryl methyl sites for hydroxylation is 1. The second-order valence-corrected chi connectivity index (χ2v) is 9.42. The smallest absolute Gasteiger partial charge is 0.159 e. The number of hydrogen-bond acceptors (Lipinski definition) is 3. The lowest BCUT2D eigenvalue weighted by Crippen LogP contribution is -2.15. The summed E-state index contributed by atoms with van der Waals surface area (Å²) in [5, 5.41) is 0. The Morgan fingerprint density at radius 3 is 2.06 bits per heavy atom. The molecule has 3 heteroatoms. The lowest BCUT2D eigenvalue weighted by molar-refractivity contribution is 0.248. The molecule has 170 valence electrons. The Balaban J connectivity index is 1.36. The third kappa shape index (κ3) is 8.27. The van der Waals surface area contributed by atoms with E-state index in [1.165, 1.54) is 82.6 Å². The first-order valence-corrected chi connectivity index (χ1v) is 12.8. The number of rotatable bonds is 13. The average molecular weight is 423 g/mol. The summed E-state index contributed by atoms with van der Waals surface area (Å²) < 4.78 is 5.57. The zero-order valence-electron chi connectivity index (χ0n) is 19.8. The van der Waals surface area contributed by atoms with Gasteiger partial charge < -0.3 is 4.74 Å². The highest BCUT2D eigenvalue weighted by molar-refractivity contribution is 5.55. The van der Waals surface area contributed by atoms with Gasteiger partial charge in [0.05, 0.1) is 19.0 Å². The van der Waals surface area contributed by atoms with Crippen LogP contribution in [-0.2, 0) is 6.42 Å². The predicted molar refractivity (Wildman–Crippen MR) is 130 cm³/mol. The minimum atomic E-state index is 0.706. The van der Waals surface area contributed by atoms with Gasteiger partial charge in [-0.15, -0.1) is 0 Å². The maximum absolute atomic E-state index is 5.57. The minimum absolute atomic E-state index is 0.706. The molecule has 1 heterocycles. The van der Waals surface area contributed by atoms with Crippen LogP contribution in [0.1, 0.15) is 96.5 Å². The second kappa shape index (κ2) is 13.5. The van der Waals surface area contributed by atoms with Crippen molar-refractivity contribution in [2.45, 2.75) is 97.3 Å². The predicted octanol–water partition coefficient (Wildman–Crippen LogP) is 8.03. The van der Waals surface area contributed by atoms with E-state index in [1.54, 1.807) is 12.4 Å². The van der Waals surface area contributed by atoms with E-state index in [9.17, 15) is 0 Å². The molecule has 2 aromatic rings. The SMILES string of the molecule is CCCCCCCC1CCC(CCc2ccc(-c3ncc(OCCC)cn3)cc2)CC1. The van der Waals surface area contributed by atoms with Crippen molar-refractivity contribution in [2.24, 2.45) is 11.8 Å². The van der Waals surface area contributed by atoms with Crippen molar-refractivity contribution in [1.82, 2.24) is 9.97 Å². The molecule has 0 spiro atoms. The first-order valence-electron chi connectivity index (χ1n) is 12.8. The first kappa shape index (κ1) is 23.8. The molecule has 1 aromatic heterocycles. The van der Waals surface area contributed by atoms with Gasteiger partial charge in [-0.05, 0) is 36.7 Å². The minimum Gasteiger partial charge on any atom is -0.490 e. The second-order valence-electron chi connectivity index (χ2n) is 9.42. The fourth-order valence-corrected chi connectivity index (χ4v) is 4.80. The van der Waals surface area contributed by atoms with Crippen LogP contribution in [-0.4, -0.2) is 16.6 Å². The van der Waals surface area contributed by atoms with Gasteiger partial charge in [0.25, 0.3) is 0 Å². The molecule has 1 aliphatic rings. The van der Waals surface area contributed by atoms with E-state index in [0.717, 1.165) is 35.4 Å². The monoisotopic (exact) mass is 422 g/mol. The van der Waals surface area contributed by atoms with Crippen LogP contribution < -0.4 is 4.74 Å². The molecule has 0 atom stereocenters. The van der Waals surface area contributed by atoms with E-state index in [1.807, 2.05) is 0 Å². The summed E-state index contributed by atoms with van der Waals surface area (Å²) in [5.41, 5.74) is 2.51. The van der Waals surface area contributed by atoms with Gasteiger partial charge in [0, 0.05) is 5.56 Å². The molecular formula is C28H42N2O. The molecule has 1 fully saturated rings. The maximum Gasteiger partial charge on any atom is 0.159 e.